The maximum atomic E-state index is 4.78. The molecule has 0 aliphatic carbocycles. The molecular weight excluding hydrogens is 364 g/mol. The number of aryl methyl sites for hydroxylation is 2. The molecule has 4 aromatic rings. The topological polar surface area (TPSA) is 25.8 Å². The van der Waals surface area contributed by atoms with Crippen LogP contribution in [-0.4, -0.2) is 9.97 Å². The SMILES string of the molecule is Cc1ccc(C#Cc2ccccc2)c(-c2nc(C)ccc2C#Cc2ccccc2)n1. The molecule has 0 N–H and O–H groups in total. The molecule has 2 aromatic carbocycles. The first kappa shape index (κ1) is 19.2. The molecule has 0 atom stereocenters. The third kappa shape index (κ3) is 4.64. The third-order valence-electron chi connectivity index (χ3n) is 4.52. The van der Waals surface area contributed by atoms with E-state index in [2.05, 4.69) is 23.7 Å². The highest BCUT2D eigenvalue weighted by molar-refractivity contribution is 5.71. The van der Waals surface area contributed by atoms with E-state index in [1.807, 2.05) is 98.8 Å². The van der Waals surface area contributed by atoms with Crippen LogP contribution in [0.15, 0.2) is 84.9 Å². The smallest absolute Gasteiger partial charge is 0.106 e. The number of benzene rings is 2. The summed E-state index contributed by atoms with van der Waals surface area (Å²) in [5.41, 5.74) is 6.96. The van der Waals surface area contributed by atoms with Crippen LogP contribution in [0.25, 0.3) is 11.4 Å². The van der Waals surface area contributed by atoms with E-state index in [9.17, 15) is 0 Å². The molecule has 0 spiro atoms. The van der Waals surface area contributed by atoms with Crippen molar-refractivity contribution in [2.24, 2.45) is 0 Å². The average Bonchev–Trinajstić information content (AvgIpc) is 2.79. The lowest BCUT2D eigenvalue weighted by atomic mass is 10.0. The Labute approximate surface area is 177 Å². The van der Waals surface area contributed by atoms with Crippen LogP contribution in [0, 0.1) is 37.5 Å². The number of nitrogens with zero attached hydrogens (tertiary/aromatic N) is 2. The summed E-state index contributed by atoms with van der Waals surface area (Å²) in [7, 11) is 0. The van der Waals surface area contributed by atoms with Gasteiger partial charge in [0.15, 0.2) is 0 Å². The second-order valence-corrected chi connectivity index (χ2v) is 6.93. The van der Waals surface area contributed by atoms with Gasteiger partial charge in [0, 0.05) is 22.5 Å². The lowest BCUT2D eigenvalue weighted by Crippen LogP contribution is -1.98. The molecule has 142 valence electrons. The van der Waals surface area contributed by atoms with Crippen LogP contribution in [0.1, 0.15) is 33.6 Å². The van der Waals surface area contributed by atoms with E-state index in [1.165, 1.54) is 0 Å². The van der Waals surface area contributed by atoms with Crippen molar-refractivity contribution in [1.82, 2.24) is 9.97 Å². The zero-order chi connectivity index (χ0) is 20.8. The summed E-state index contributed by atoms with van der Waals surface area (Å²) in [6.07, 6.45) is 0. The van der Waals surface area contributed by atoms with E-state index in [0.717, 1.165) is 45.0 Å². The molecule has 0 aliphatic heterocycles. The highest BCUT2D eigenvalue weighted by Crippen LogP contribution is 2.24. The summed E-state index contributed by atoms with van der Waals surface area (Å²) in [5.74, 6) is 13.0. The minimum absolute atomic E-state index is 0.763. The summed E-state index contributed by atoms with van der Waals surface area (Å²) >= 11 is 0. The van der Waals surface area contributed by atoms with E-state index < -0.39 is 0 Å². The Hall–Kier alpha value is -4.14. The van der Waals surface area contributed by atoms with Crippen LogP contribution in [0.4, 0.5) is 0 Å². The van der Waals surface area contributed by atoms with Crippen LogP contribution in [0.2, 0.25) is 0 Å². The van der Waals surface area contributed by atoms with Gasteiger partial charge in [-0.2, -0.15) is 0 Å². The standard InChI is InChI=1S/C28H20N2/c1-21-13-17-25(19-15-23-9-5-3-6-10-23)27(29-21)28-26(18-14-22(2)30-28)20-16-24-11-7-4-8-12-24/h3-14,17-18H,1-2H3. The Morgan fingerprint density at radius 2 is 0.867 bits per heavy atom. The largest absolute Gasteiger partial charge is 0.250 e. The van der Waals surface area contributed by atoms with Gasteiger partial charge >= 0.3 is 0 Å². The van der Waals surface area contributed by atoms with E-state index in [-0.39, 0.29) is 0 Å². The normalized spacial score (nSPS) is 9.80. The fourth-order valence-electron chi connectivity index (χ4n) is 3.00. The second-order valence-electron chi connectivity index (χ2n) is 6.93. The summed E-state index contributed by atoms with van der Waals surface area (Å²) in [5, 5.41) is 0. The molecule has 2 nitrogen and oxygen atoms in total. The van der Waals surface area contributed by atoms with Crippen molar-refractivity contribution < 1.29 is 0 Å². The van der Waals surface area contributed by atoms with Crippen molar-refractivity contribution >= 4 is 0 Å². The quantitative estimate of drug-likeness (QED) is 0.402. The molecule has 0 aliphatic rings. The van der Waals surface area contributed by atoms with Gasteiger partial charge in [0.2, 0.25) is 0 Å². The van der Waals surface area contributed by atoms with Crippen molar-refractivity contribution in [2.45, 2.75) is 13.8 Å². The second kappa shape index (κ2) is 8.91. The number of hydrogen-bond donors (Lipinski definition) is 0. The molecule has 0 saturated heterocycles. The molecule has 0 amide bonds. The van der Waals surface area contributed by atoms with Gasteiger partial charge in [-0.1, -0.05) is 60.1 Å². The maximum absolute atomic E-state index is 4.78. The van der Waals surface area contributed by atoms with Gasteiger partial charge in [-0.25, -0.2) is 0 Å². The molecule has 0 bridgehead atoms. The zero-order valence-electron chi connectivity index (χ0n) is 17.0. The first-order chi connectivity index (χ1) is 14.7. The first-order valence-corrected chi connectivity index (χ1v) is 9.79. The lowest BCUT2D eigenvalue weighted by Gasteiger charge is -2.08. The van der Waals surface area contributed by atoms with E-state index in [0.29, 0.717) is 0 Å². The minimum atomic E-state index is 0.763. The lowest BCUT2D eigenvalue weighted by molar-refractivity contribution is 1.14. The molecule has 30 heavy (non-hydrogen) atoms. The van der Waals surface area contributed by atoms with E-state index in [1.54, 1.807) is 0 Å². The monoisotopic (exact) mass is 384 g/mol. The van der Waals surface area contributed by atoms with Crippen molar-refractivity contribution in [1.29, 1.82) is 0 Å². The average molecular weight is 384 g/mol. The van der Waals surface area contributed by atoms with Crippen LogP contribution >= 0.6 is 0 Å². The van der Waals surface area contributed by atoms with Crippen LogP contribution < -0.4 is 0 Å². The van der Waals surface area contributed by atoms with Crippen LogP contribution in [-0.2, 0) is 0 Å². The van der Waals surface area contributed by atoms with Gasteiger partial charge in [0.05, 0.1) is 11.1 Å². The van der Waals surface area contributed by atoms with Crippen LogP contribution in [0.3, 0.4) is 0 Å². The summed E-state index contributed by atoms with van der Waals surface area (Å²) in [6, 6.07) is 27.9. The summed E-state index contributed by atoms with van der Waals surface area (Å²) < 4.78 is 0. The molecule has 0 radical (unpaired) electrons. The summed E-state index contributed by atoms with van der Waals surface area (Å²) in [4.78, 5) is 9.56. The highest BCUT2D eigenvalue weighted by atomic mass is 14.8. The molecular formula is C28H20N2. The predicted octanol–water partition coefficient (Wildman–Crippen LogP) is 5.56. The number of aromatic nitrogens is 2. The van der Waals surface area contributed by atoms with E-state index in [4.69, 9.17) is 9.97 Å². The van der Waals surface area contributed by atoms with Gasteiger partial charge < -0.3 is 0 Å². The van der Waals surface area contributed by atoms with Crippen molar-refractivity contribution in [3.63, 3.8) is 0 Å². The van der Waals surface area contributed by atoms with Gasteiger partial charge in [-0.15, -0.1) is 0 Å². The zero-order valence-corrected chi connectivity index (χ0v) is 17.0. The minimum Gasteiger partial charge on any atom is -0.250 e. The predicted molar refractivity (Wildman–Crippen MR) is 122 cm³/mol. The van der Waals surface area contributed by atoms with Crippen molar-refractivity contribution in [2.75, 3.05) is 0 Å². The Kier molecular flexibility index (Phi) is 5.70. The fourth-order valence-corrected chi connectivity index (χ4v) is 3.00. The Balaban J connectivity index is 1.83. The molecule has 0 fully saturated rings. The Bertz CT molecular complexity index is 1190. The fraction of sp³-hybridized carbons (Fsp3) is 0.0714. The first-order valence-electron chi connectivity index (χ1n) is 9.79. The van der Waals surface area contributed by atoms with Crippen LogP contribution in [0.5, 0.6) is 0 Å². The third-order valence-corrected chi connectivity index (χ3v) is 4.52. The molecule has 0 unspecified atom stereocenters. The Morgan fingerprint density at radius 3 is 1.27 bits per heavy atom. The number of rotatable bonds is 1. The molecule has 2 aromatic heterocycles. The number of hydrogen-bond acceptors (Lipinski definition) is 2. The molecule has 2 heteroatoms. The highest BCUT2D eigenvalue weighted by Gasteiger charge is 2.12. The van der Waals surface area contributed by atoms with Crippen molar-refractivity contribution in [3.05, 3.63) is 119 Å². The van der Waals surface area contributed by atoms with Gasteiger partial charge in [-0.3, -0.25) is 9.97 Å². The molecule has 4 rings (SSSR count). The van der Waals surface area contributed by atoms with Gasteiger partial charge in [-0.05, 0) is 62.4 Å². The molecule has 0 saturated carbocycles. The summed E-state index contributed by atoms with van der Waals surface area (Å²) in [6.45, 7) is 3.95. The maximum Gasteiger partial charge on any atom is 0.106 e. The van der Waals surface area contributed by atoms with Gasteiger partial charge in [0.25, 0.3) is 0 Å². The van der Waals surface area contributed by atoms with E-state index >= 15 is 0 Å². The number of pyridine rings is 2. The van der Waals surface area contributed by atoms with Crippen molar-refractivity contribution in [3.8, 4) is 35.1 Å². The Morgan fingerprint density at radius 1 is 0.467 bits per heavy atom. The van der Waals surface area contributed by atoms with Gasteiger partial charge in [0.1, 0.15) is 11.4 Å². The molecule has 2 heterocycles.